The number of rotatable bonds is 4. The normalized spacial score (nSPS) is 17.0. The van der Waals surface area contributed by atoms with Crippen molar-refractivity contribution in [3.63, 3.8) is 0 Å². The van der Waals surface area contributed by atoms with E-state index in [0.717, 1.165) is 11.3 Å². The highest BCUT2D eigenvalue weighted by molar-refractivity contribution is 7.12. The number of carboxylic acids is 1. The number of carbonyl (C=O) groups excluding carboxylic acids is 1. The molecule has 0 unspecified atom stereocenters. The molecule has 98 valence electrons. The molecule has 1 saturated carbocycles. The minimum Gasteiger partial charge on any atom is -0.480 e. The van der Waals surface area contributed by atoms with Gasteiger partial charge in [-0.25, -0.2) is 0 Å². The summed E-state index contributed by atoms with van der Waals surface area (Å²) < 4.78 is 0. The predicted molar refractivity (Wildman–Crippen MR) is 69.6 cm³/mol. The van der Waals surface area contributed by atoms with Gasteiger partial charge in [-0.1, -0.05) is 6.42 Å². The summed E-state index contributed by atoms with van der Waals surface area (Å²) in [5.41, 5.74) is 0.0438. The lowest BCUT2D eigenvalue weighted by atomic mass is 9.68. The van der Waals surface area contributed by atoms with Crippen molar-refractivity contribution in [2.24, 2.45) is 5.41 Å². The van der Waals surface area contributed by atoms with Crippen molar-refractivity contribution in [3.8, 4) is 0 Å². The van der Waals surface area contributed by atoms with Crippen LogP contribution in [0.25, 0.3) is 0 Å². The summed E-state index contributed by atoms with van der Waals surface area (Å²) in [5, 5.41) is 11.9. The van der Waals surface area contributed by atoms with E-state index in [1.807, 2.05) is 19.9 Å². The summed E-state index contributed by atoms with van der Waals surface area (Å²) in [7, 11) is 0. The molecule has 0 atom stereocenters. The van der Waals surface area contributed by atoms with Gasteiger partial charge in [0, 0.05) is 9.75 Å². The first-order valence-electron chi connectivity index (χ1n) is 6.03. The molecule has 0 spiro atoms. The topological polar surface area (TPSA) is 66.4 Å². The van der Waals surface area contributed by atoms with Gasteiger partial charge in [-0.2, -0.15) is 0 Å². The van der Waals surface area contributed by atoms with E-state index in [0.29, 0.717) is 19.4 Å². The van der Waals surface area contributed by atoms with Crippen molar-refractivity contribution in [3.05, 3.63) is 21.4 Å². The Morgan fingerprint density at radius 1 is 1.44 bits per heavy atom. The number of hydrogen-bond donors (Lipinski definition) is 2. The molecule has 0 saturated heterocycles. The lowest BCUT2D eigenvalue weighted by molar-refractivity contribution is -0.162. The van der Waals surface area contributed by atoms with Gasteiger partial charge in [-0.05, 0) is 38.3 Å². The molecule has 0 bridgehead atoms. The molecule has 0 radical (unpaired) electrons. The van der Waals surface area contributed by atoms with Crippen molar-refractivity contribution in [2.45, 2.75) is 39.7 Å². The molecule has 1 fully saturated rings. The summed E-state index contributed by atoms with van der Waals surface area (Å²) in [6, 6.07) is 2.04. The van der Waals surface area contributed by atoms with Crippen molar-refractivity contribution in [1.82, 2.24) is 5.32 Å². The molecule has 2 rings (SSSR count). The van der Waals surface area contributed by atoms with E-state index in [9.17, 15) is 9.59 Å². The first-order valence-corrected chi connectivity index (χ1v) is 6.85. The number of aliphatic carboxylic acids is 1. The molecular formula is C13H17NO3S. The molecule has 0 aliphatic heterocycles. The largest absolute Gasteiger partial charge is 0.480 e. The van der Waals surface area contributed by atoms with Crippen molar-refractivity contribution >= 4 is 23.2 Å². The van der Waals surface area contributed by atoms with Crippen LogP contribution in [0, 0.1) is 19.3 Å². The van der Waals surface area contributed by atoms with Gasteiger partial charge in [0.15, 0.2) is 0 Å². The van der Waals surface area contributed by atoms with Crippen LogP contribution in [0.1, 0.15) is 34.6 Å². The number of carbonyl (C=O) groups is 2. The Morgan fingerprint density at radius 3 is 2.50 bits per heavy atom. The summed E-state index contributed by atoms with van der Waals surface area (Å²) in [6.45, 7) is 4.49. The third kappa shape index (κ3) is 2.14. The van der Waals surface area contributed by atoms with Gasteiger partial charge in [0.2, 0.25) is 5.91 Å². The zero-order valence-corrected chi connectivity index (χ0v) is 11.4. The zero-order valence-electron chi connectivity index (χ0n) is 10.6. The Kier molecular flexibility index (Phi) is 3.43. The highest BCUT2D eigenvalue weighted by Crippen LogP contribution is 2.41. The molecule has 1 aliphatic carbocycles. The molecule has 2 N–H and O–H groups in total. The lowest BCUT2D eigenvalue weighted by Crippen LogP contribution is -2.50. The Balaban J connectivity index is 1.98. The molecule has 1 heterocycles. The number of nitrogens with one attached hydrogen (secondary N) is 1. The van der Waals surface area contributed by atoms with Gasteiger partial charge in [0.25, 0.3) is 0 Å². The summed E-state index contributed by atoms with van der Waals surface area (Å²) >= 11 is 1.64. The van der Waals surface area contributed by atoms with E-state index in [4.69, 9.17) is 5.11 Å². The molecule has 1 aliphatic rings. The number of hydrogen-bond acceptors (Lipinski definition) is 3. The highest BCUT2D eigenvalue weighted by atomic mass is 32.1. The SMILES string of the molecule is Cc1cc(CNC(=O)C2(C(=O)O)CCC2)sc1C. The number of carboxylic acid groups (broad SMARTS) is 1. The minimum atomic E-state index is -1.17. The standard InChI is InChI=1S/C13H17NO3S/c1-8-6-10(18-9(8)2)7-14-11(15)13(12(16)17)4-3-5-13/h6H,3-5,7H2,1-2H3,(H,14,15)(H,16,17). The fourth-order valence-corrected chi connectivity index (χ4v) is 3.14. The molecule has 4 nitrogen and oxygen atoms in total. The van der Waals surface area contributed by atoms with Crippen molar-refractivity contribution in [2.75, 3.05) is 0 Å². The molecule has 5 heteroatoms. The van der Waals surface area contributed by atoms with Crippen LogP contribution >= 0.6 is 11.3 Å². The molecule has 0 aromatic carbocycles. The van der Waals surface area contributed by atoms with E-state index < -0.39 is 11.4 Å². The van der Waals surface area contributed by atoms with Gasteiger partial charge in [0.05, 0.1) is 6.54 Å². The Labute approximate surface area is 110 Å². The zero-order chi connectivity index (χ0) is 13.3. The lowest BCUT2D eigenvalue weighted by Gasteiger charge is -2.35. The fraction of sp³-hybridized carbons (Fsp3) is 0.538. The van der Waals surface area contributed by atoms with Crippen LogP contribution in [-0.4, -0.2) is 17.0 Å². The summed E-state index contributed by atoms with van der Waals surface area (Å²) in [4.78, 5) is 25.4. The first kappa shape index (κ1) is 13.1. The third-order valence-corrected chi connectivity index (χ3v) is 4.84. The molecular weight excluding hydrogens is 250 g/mol. The molecule has 18 heavy (non-hydrogen) atoms. The van der Waals surface area contributed by atoms with Gasteiger partial charge in [0.1, 0.15) is 5.41 Å². The van der Waals surface area contributed by atoms with Crippen LogP contribution in [0.3, 0.4) is 0 Å². The van der Waals surface area contributed by atoms with Crippen molar-refractivity contribution in [1.29, 1.82) is 0 Å². The average Bonchev–Trinajstić information content (AvgIpc) is 2.53. The quantitative estimate of drug-likeness (QED) is 0.822. The smallest absolute Gasteiger partial charge is 0.319 e. The number of thiophene rings is 1. The van der Waals surface area contributed by atoms with Crippen molar-refractivity contribution < 1.29 is 14.7 Å². The second-order valence-corrected chi connectivity index (χ2v) is 6.22. The van der Waals surface area contributed by atoms with E-state index >= 15 is 0 Å². The average molecular weight is 267 g/mol. The molecule has 1 aromatic rings. The van der Waals surface area contributed by atoms with Crippen LogP contribution in [-0.2, 0) is 16.1 Å². The van der Waals surface area contributed by atoms with Crippen LogP contribution < -0.4 is 5.32 Å². The number of amides is 1. The maximum absolute atomic E-state index is 12.0. The fourth-order valence-electron chi connectivity index (χ4n) is 2.14. The van der Waals surface area contributed by atoms with E-state index in [1.54, 1.807) is 11.3 Å². The Hall–Kier alpha value is -1.36. The van der Waals surface area contributed by atoms with Gasteiger partial charge in [-0.3, -0.25) is 9.59 Å². The highest BCUT2D eigenvalue weighted by Gasteiger charge is 2.51. The van der Waals surface area contributed by atoms with Gasteiger partial charge >= 0.3 is 5.97 Å². The number of aryl methyl sites for hydroxylation is 2. The molecule has 1 aromatic heterocycles. The predicted octanol–water partition coefficient (Wildman–Crippen LogP) is 2.24. The minimum absolute atomic E-state index is 0.343. The Bertz CT molecular complexity index is 469. The van der Waals surface area contributed by atoms with E-state index in [1.165, 1.54) is 10.4 Å². The van der Waals surface area contributed by atoms with E-state index in [2.05, 4.69) is 5.32 Å². The van der Waals surface area contributed by atoms with Crippen LogP contribution in [0.2, 0.25) is 0 Å². The maximum Gasteiger partial charge on any atom is 0.319 e. The van der Waals surface area contributed by atoms with Crippen LogP contribution in [0.5, 0.6) is 0 Å². The summed E-state index contributed by atoms with van der Waals surface area (Å²) in [5.74, 6) is -1.34. The van der Waals surface area contributed by atoms with E-state index in [-0.39, 0.29) is 5.91 Å². The van der Waals surface area contributed by atoms with Gasteiger partial charge < -0.3 is 10.4 Å². The third-order valence-electron chi connectivity index (χ3n) is 3.69. The van der Waals surface area contributed by atoms with Crippen LogP contribution in [0.15, 0.2) is 6.07 Å². The second-order valence-electron chi connectivity index (χ2n) is 4.88. The van der Waals surface area contributed by atoms with Crippen LogP contribution in [0.4, 0.5) is 0 Å². The summed E-state index contributed by atoms with van der Waals surface area (Å²) in [6.07, 6.45) is 1.73. The Morgan fingerprint density at radius 2 is 2.11 bits per heavy atom. The second kappa shape index (κ2) is 4.72. The van der Waals surface area contributed by atoms with Gasteiger partial charge in [-0.15, -0.1) is 11.3 Å². The first-order chi connectivity index (χ1) is 8.45. The monoisotopic (exact) mass is 267 g/mol. The molecule has 1 amide bonds. The maximum atomic E-state index is 12.0.